The van der Waals surface area contributed by atoms with Gasteiger partial charge in [0.2, 0.25) is 11.9 Å². The molecule has 0 aliphatic carbocycles. The van der Waals surface area contributed by atoms with Crippen molar-refractivity contribution in [1.29, 1.82) is 0 Å². The third-order valence-electron chi connectivity index (χ3n) is 3.57. The first-order valence-corrected chi connectivity index (χ1v) is 6.82. The number of hydrogen-bond donors (Lipinski definition) is 1. The molecule has 1 aromatic heterocycles. The molecule has 1 fully saturated rings. The maximum absolute atomic E-state index is 13.6. The number of hydrogen-bond acceptors (Lipinski definition) is 3. The fourth-order valence-electron chi connectivity index (χ4n) is 2.51. The Kier molecular flexibility index (Phi) is 3.25. The van der Waals surface area contributed by atoms with Crippen LogP contribution >= 0.6 is 11.6 Å². The molecule has 0 bridgehead atoms. The lowest BCUT2D eigenvalue weighted by atomic mass is 10.3. The highest BCUT2D eigenvalue weighted by atomic mass is 35.5. The number of rotatable bonds is 2. The van der Waals surface area contributed by atoms with Crippen molar-refractivity contribution in [3.05, 3.63) is 23.0 Å². The smallest absolute Gasteiger partial charge is 0.242 e. The molecule has 1 aliphatic rings. The van der Waals surface area contributed by atoms with E-state index in [1.54, 1.807) is 4.90 Å². The molecule has 1 aliphatic heterocycles. The Hall–Kier alpha value is -1.82. The van der Waals surface area contributed by atoms with E-state index in [2.05, 4.69) is 4.98 Å². The van der Waals surface area contributed by atoms with E-state index >= 15 is 0 Å². The molecule has 0 saturated carbocycles. The molecule has 0 radical (unpaired) electrons. The van der Waals surface area contributed by atoms with Gasteiger partial charge < -0.3 is 15.2 Å². The van der Waals surface area contributed by atoms with E-state index in [1.807, 2.05) is 0 Å². The Labute approximate surface area is 120 Å². The minimum absolute atomic E-state index is 0.00646. The maximum atomic E-state index is 13.6. The summed E-state index contributed by atoms with van der Waals surface area (Å²) in [6, 6.07) is 2.68. The summed E-state index contributed by atoms with van der Waals surface area (Å²) in [5, 5.41) is -0.00646. The molecule has 3 rings (SSSR count). The third-order valence-corrected chi connectivity index (χ3v) is 3.86. The Bertz CT molecular complexity index is 679. The van der Waals surface area contributed by atoms with Gasteiger partial charge in [-0.15, -0.1) is 0 Å². The number of halogens is 2. The summed E-state index contributed by atoms with van der Waals surface area (Å²) >= 11 is 5.72. The highest BCUT2D eigenvalue weighted by molar-refractivity contribution is 6.31. The zero-order valence-electron chi connectivity index (χ0n) is 10.8. The topological polar surface area (TPSA) is 64.1 Å². The third kappa shape index (κ3) is 2.20. The Balaban J connectivity index is 1.96. The molecule has 0 unspecified atom stereocenters. The molecule has 1 saturated heterocycles. The molecule has 1 aromatic carbocycles. The second-order valence-electron chi connectivity index (χ2n) is 4.90. The molecule has 5 nitrogen and oxygen atoms in total. The van der Waals surface area contributed by atoms with Gasteiger partial charge in [0.25, 0.3) is 0 Å². The van der Waals surface area contributed by atoms with Crippen molar-refractivity contribution < 1.29 is 9.18 Å². The first-order valence-electron chi connectivity index (χ1n) is 6.45. The van der Waals surface area contributed by atoms with Gasteiger partial charge >= 0.3 is 0 Å². The Morgan fingerprint density at radius 3 is 2.80 bits per heavy atom. The number of imidazole rings is 1. The Morgan fingerprint density at radius 1 is 1.40 bits per heavy atom. The van der Waals surface area contributed by atoms with Crippen LogP contribution in [0.5, 0.6) is 0 Å². The molecule has 106 valence electrons. The van der Waals surface area contributed by atoms with Crippen molar-refractivity contribution >= 4 is 34.5 Å². The fraction of sp³-hybridized carbons (Fsp3) is 0.385. The van der Waals surface area contributed by atoms with Crippen molar-refractivity contribution in [3.63, 3.8) is 0 Å². The van der Waals surface area contributed by atoms with Crippen molar-refractivity contribution in [1.82, 2.24) is 14.5 Å². The van der Waals surface area contributed by atoms with Crippen LogP contribution in [-0.2, 0) is 11.3 Å². The zero-order valence-corrected chi connectivity index (χ0v) is 11.5. The second-order valence-corrected chi connectivity index (χ2v) is 5.31. The molecule has 20 heavy (non-hydrogen) atoms. The van der Waals surface area contributed by atoms with Crippen LogP contribution in [0, 0.1) is 5.82 Å². The number of benzene rings is 1. The highest BCUT2D eigenvalue weighted by Crippen LogP contribution is 2.25. The molecule has 0 atom stereocenters. The van der Waals surface area contributed by atoms with E-state index in [4.69, 9.17) is 17.3 Å². The number of anilines is 1. The van der Waals surface area contributed by atoms with Crippen molar-refractivity contribution in [2.24, 2.45) is 0 Å². The van der Waals surface area contributed by atoms with Crippen LogP contribution in [0.15, 0.2) is 12.1 Å². The van der Waals surface area contributed by atoms with Gasteiger partial charge in [0.15, 0.2) is 0 Å². The molecule has 2 N–H and O–H groups in total. The van der Waals surface area contributed by atoms with Crippen LogP contribution in [0.1, 0.15) is 12.8 Å². The number of likely N-dealkylation sites (tertiary alicyclic amines) is 1. The van der Waals surface area contributed by atoms with Gasteiger partial charge in [0.1, 0.15) is 12.4 Å². The molecule has 7 heteroatoms. The number of carbonyl (C=O) groups is 1. The quantitative estimate of drug-likeness (QED) is 0.922. The van der Waals surface area contributed by atoms with Crippen LogP contribution < -0.4 is 5.73 Å². The first-order chi connectivity index (χ1) is 9.56. The van der Waals surface area contributed by atoms with Gasteiger partial charge in [-0.1, -0.05) is 11.6 Å². The molecular formula is C13H14ClFN4O. The average Bonchev–Trinajstić information content (AvgIpc) is 3.01. The van der Waals surface area contributed by atoms with Gasteiger partial charge in [-0.2, -0.15) is 0 Å². The minimum Gasteiger partial charge on any atom is -0.369 e. The summed E-state index contributed by atoms with van der Waals surface area (Å²) < 4.78 is 15.1. The van der Waals surface area contributed by atoms with Gasteiger partial charge in [-0.3, -0.25) is 4.79 Å². The molecule has 2 heterocycles. The van der Waals surface area contributed by atoms with Crippen LogP contribution in [0.2, 0.25) is 5.02 Å². The van der Waals surface area contributed by atoms with E-state index in [-0.39, 0.29) is 23.4 Å². The van der Waals surface area contributed by atoms with E-state index < -0.39 is 5.82 Å². The molecule has 0 spiro atoms. The Morgan fingerprint density at radius 2 is 2.10 bits per heavy atom. The lowest BCUT2D eigenvalue weighted by Crippen LogP contribution is -2.31. The average molecular weight is 297 g/mol. The first kappa shape index (κ1) is 13.2. The summed E-state index contributed by atoms with van der Waals surface area (Å²) in [7, 11) is 0. The van der Waals surface area contributed by atoms with Crippen molar-refractivity contribution in [3.8, 4) is 0 Å². The standard InChI is InChI=1S/C13H14ClFN4O/c14-8-5-10-11(6-9(8)15)19(13(16)17-10)7-12(20)18-3-1-2-4-18/h5-6H,1-4,7H2,(H2,16,17). The second kappa shape index (κ2) is 4.94. The summed E-state index contributed by atoms with van der Waals surface area (Å²) in [4.78, 5) is 18.1. The summed E-state index contributed by atoms with van der Waals surface area (Å²) in [5.41, 5.74) is 6.79. The van der Waals surface area contributed by atoms with Gasteiger partial charge in [0.05, 0.1) is 16.1 Å². The lowest BCUT2D eigenvalue weighted by molar-refractivity contribution is -0.130. The number of carbonyl (C=O) groups excluding carboxylic acids is 1. The predicted molar refractivity (Wildman–Crippen MR) is 74.9 cm³/mol. The summed E-state index contributed by atoms with van der Waals surface area (Å²) in [6.45, 7) is 1.61. The highest BCUT2D eigenvalue weighted by Gasteiger charge is 2.20. The van der Waals surface area contributed by atoms with Crippen LogP contribution in [0.25, 0.3) is 11.0 Å². The molecule has 2 aromatic rings. The number of nitrogens with zero attached hydrogens (tertiary/aromatic N) is 3. The van der Waals surface area contributed by atoms with Crippen LogP contribution in [0.3, 0.4) is 0 Å². The minimum atomic E-state index is -0.547. The van der Waals surface area contributed by atoms with Crippen LogP contribution in [0.4, 0.5) is 10.3 Å². The van der Waals surface area contributed by atoms with Gasteiger partial charge in [-0.25, -0.2) is 9.37 Å². The predicted octanol–water partition coefficient (Wildman–Crippen LogP) is 2.03. The number of nitrogen functional groups attached to an aromatic ring is 1. The fourth-order valence-corrected chi connectivity index (χ4v) is 2.66. The SMILES string of the molecule is Nc1nc2cc(Cl)c(F)cc2n1CC(=O)N1CCCC1. The monoisotopic (exact) mass is 296 g/mol. The van der Waals surface area contributed by atoms with Crippen molar-refractivity contribution in [2.75, 3.05) is 18.8 Å². The summed E-state index contributed by atoms with van der Waals surface area (Å²) in [5.74, 6) is -0.382. The van der Waals surface area contributed by atoms with Crippen LogP contribution in [-0.4, -0.2) is 33.4 Å². The maximum Gasteiger partial charge on any atom is 0.242 e. The van der Waals surface area contributed by atoms with Crippen molar-refractivity contribution in [2.45, 2.75) is 19.4 Å². The largest absolute Gasteiger partial charge is 0.369 e. The van der Waals surface area contributed by atoms with E-state index in [9.17, 15) is 9.18 Å². The zero-order chi connectivity index (χ0) is 14.3. The molecular weight excluding hydrogens is 283 g/mol. The van der Waals surface area contributed by atoms with E-state index in [0.29, 0.717) is 11.0 Å². The normalized spacial score (nSPS) is 15.2. The number of fused-ring (bicyclic) bond motifs is 1. The number of aromatic nitrogens is 2. The number of amides is 1. The molecule has 1 amide bonds. The number of nitrogens with two attached hydrogens (primary N) is 1. The van der Waals surface area contributed by atoms with E-state index in [0.717, 1.165) is 25.9 Å². The summed E-state index contributed by atoms with van der Waals surface area (Å²) in [6.07, 6.45) is 2.05. The van der Waals surface area contributed by atoms with Gasteiger partial charge in [-0.05, 0) is 18.9 Å². The van der Waals surface area contributed by atoms with Gasteiger partial charge in [0, 0.05) is 19.2 Å². The lowest BCUT2D eigenvalue weighted by Gasteiger charge is -2.16. The van der Waals surface area contributed by atoms with E-state index in [1.165, 1.54) is 16.7 Å².